The number of anilines is 2. The monoisotopic (exact) mass is 306 g/mol. The predicted octanol–water partition coefficient (Wildman–Crippen LogP) is 3.51. The zero-order chi connectivity index (χ0) is 15.6. The third kappa shape index (κ3) is 3.76. The molecule has 1 unspecified atom stereocenters. The van der Waals surface area contributed by atoms with E-state index in [1.54, 1.807) is 16.8 Å². The molecule has 21 heavy (non-hydrogen) atoms. The number of carbonyl (C=O) groups excluding carboxylic acids is 1. The van der Waals surface area contributed by atoms with E-state index < -0.39 is 0 Å². The fourth-order valence-electron chi connectivity index (χ4n) is 2.27. The molecular weight excluding hydrogens is 288 g/mol. The lowest BCUT2D eigenvalue weighted by atomic mass is 10.1. The van der Waals surface area contributed by atoms with Gasteiger partial charge in [0.05, 0.1) is 22.4 Å². The fourth-order valence-corrected chi connectivity index (χ4v) is 2.49. The first-order chi connectivity index (χ1) is 9.86. The van der Waals surface area contributed by atoms with Crippen molar-refractivity contribution in [2.45, 2.75) is 26.8 Å². The smallest absolute Gasteiger partial charge is 0.221 e. The lowest BCUT2D eigenvalue weighted by molar-refractivity contribution is -0.114. The van der Waals surface area contributed by atoms with Crippen LogP contribution in [0.2, 0.25) is 5.02 Å². The number of hydrogen-bond acceptors (Lipinski definition) is 3. The van der Waals surface area contributed by atoms with Crippen molar-refractivity contribution in [1.82, 2.24) is 9.78 Å². The van der Waals surface area contributed by atoms with E-state index in [1.807, 2.05) is 26.2 Å². The number of nitrogens with one attached hydrogen (secondary N) is 2. The van der Waals surface area contributed by atoms with Gasteiger partial charge in [0, 0.05) is 31.4 Å². The van der Waals surface area contributed by atoms with E-state index in [1.165, 1.54) is 6.92 Å². The lowest BCUT2D eigenvalue weighted by Crippen LogP contribution is -2.09. The van der Waals surface area contributed by atoms with Crippen LogP contribution in [0.4, 0.5) is 11.4 Å². The van der Waals surface area contributed by atoms with Gasteiger partial charge in [-0.25, -0.2) is 0 Å². The maximum atomic E-state index is 11.1. The first-order valence-corrected chi connectivity index (χ1v) is 7.08. The van der Waals surface area contributed by atoms with Gasteiger partial charge in [-0.3, -0.25) is 9.48 Å². The summed E-state index contributed by atoms with van der Waals surface area (Å²) < 4.78 is 1.80. The van der Waals surface area contributed by atoms with Gasteiger partial charge in [-0.2, -0.15) is 5.10 Å². The minimum absolute atomic E-state index is 0.112. The molecule has 0 aliphatic rings. The summed E-state index contributed by atoms with van der Waals surface area (Å²) in [6, 6.07) is 5.59. The first-order valence-electron chi connectivity index (χ1n) is 6.70. The van der Waals surface area contributed by atoms with Crippen LogP contribution in [0.5, 0.6) is 0 Å². The zero-order valence-corrected chi connectivity index (χ0v) is 13.3. The van der Waals surface area contributed by atoms with E-state index >= 15 is 0 Å². The second kappa shape index (κ2) is 6.18. The predicted molar refractivity (Wildman–Crippen MR) is 85.7 cm³/mol. The number of halogens is 1. The molecule has 1 atom stereocenters. The molecule has 0 saturated heterocycles. The minimum atomic E-state index is -0.142. The van der Waals surface area contributed by atoms with Crippen LogP contribution in [0.15, 0.2) is 24.4 Å². The van der Waals surface area contributed by atoms with E-state index in [-0.39, 0.29) is 11.9 Å². The van der Waals surface area contributed by atoms with Crippen molar-refractivity contribution in [2.75, 3.05) is 10.6 Å². The zero-order valence-electron chi connectivity index (χ0n) is 12.6. The number of amides is 1. The third-order valence-electron chi connectivity index (χ3n) is 3.18. The van der Waals surface area contributed by atoms with Crippen LogP contribution in [-0.4, -0.2) is 15.7 Å². The number of benzene rings is 1. The molecule has 5 nitrogen and oxygen atoms in total. The normalized spacial score (nSPS) is 12.0. The molecule has 1 aromatic heterocycles. The molecule has 112 valence electrons. The molecule has 0 aliphatic heterocycles. The van der Waals surface area contributed by atoms with Crippen molar-refractivity contribution >= 4 is 28.9 Å². The van der Waals surface area contributed by atoms with Gasteiger partial charge >= 0.3 is 0 Å². The van der Waals surface area contributed by atoms with Crippen LogP contribution in [-0.2, 0) is 11.8 Å². The second-order valence-corrected chi connectivity index (χ2v) is 5.49. The average Bonchev–Trinajstić information content (AvgIpc) is 2.71. The summed E-state index contributed by atoms with van der Waals surface area (Å²) in [7, 11) is 1.91. The van der Waals surface area contributed by atoms with E-state index in [2.05, 4.69) is 22.7 Å². The topological polar surface area (TPSA) is 59.0 Å². The number of nitrogens with zero attached hydrogens (tertiary/aromatic N) is 2. The van der Waals surface area contributed by atoms with Crippen LogP contribution in [0, 0.1) is 6.92 Å². The van der Waals surface area contributed by atoms with Crippen LogP contribution >= 0.6 is 11.6 Å². The van der Waals surface area contributed by atoms with Crippen molar-refractivity contribution in [1.29, 1.82) is 0 Å². The van der Waals surface area contributed by atoms with Gasteiger partial charge in [0.2, 0.25) is 5.91 Å². The van der Waals surface area contributed by atoms with Gasteiger partial charge in [0.25, 0.3) is 0 Å². The highest BCUT2D eigenvalue weighted by Gasteiger charge is 2.12. The summed E-state index contributed by atoms with van der Waals surface area (Å²) in [5, 5.41) is 10.9. The molecule has 0 fully saturated rings. The highest BCUT2D eigenvalue weighted by molar-refractivity contribution is 6.34. The molecule has 2 rings (SSSR count). The van der Waals surface area contributed by atoms with E-state index in [4.69, 9.17) is 11.6 Å². The lowest BCUT2D eigenvalue weighted by Gasteiger charge is -2.16. The highest BCUT2D eigenvalue weighted by atomic mass is 35.5. The molecule has 0 aliphatic carbocycles. The van der Waals surface area contributed by atoms with Crippen LogP contribution in [0.3, 0.4) is 0 Å². The number of carbonyl (C=O) groups is 1. The third-order valence-corrected chi connectivity index (χ3v) is 3.49. The Morgan fingerprint density at radius 1 is 1.43 bits per heavy atom. The molecule has 0 bridgehead atoms. The van der Waals surface area contributed by atoms with Gasteiger partial charge in [-0.05, 0) is 32.0 Å². The molecule has 1 heterocycles. The molecule has 0 spiro atoms. The van der Waals surface area contributed by atoms with E-state index in [9.17, 15) is 4.79 Å². The van der Waals surface area contributed by atoms with E-state index in [0.717, 1.165) is 16.9 Å². The SMILES string of the molecule is CC(=O)Nc1ccc(NC(C)c2cn(C)nc2C)cc1Cl. The standard InChI is InChI=1S/C15H19ClN4O/c1-9(13-8-20(4)19-10(13)2)17-12-5-6-15(14(16)7-12)18-11(3)21/h5-9,17H,1-4H3,(H,18,21). The van der Waals surface area contributed by atoms with E-state index in [0.29, 0.717) is 10.7 Å². The van der Waals surface area contributed by atoms with Crippen molar-refractivity contribution in [3.8, 4) is 0 Å². The molecule has 6 heteroatoms. The van der Waals surface area contributed by atoms with Crippen LogP contribution in [0.25, 0.3) is 0 Å². The molecule has 2 aromatic rings. The number of rotatable bonds is 4. The summed E-state index contributed by atoms with van der Waals surface area (Å²) in [4.78, 5) is 11.1. The average molecular weight is 307 g/mol. The Morgan fingerprint density at radius 2 is 2.14 bits per heavy atom. The Morgan fingerprint density at radius 3 is 2.67 bits per heavy atom. The Labute approximate surface area is 129 Å². The van der Waals surface area contributed by atoms with Gasteiger partial charge in [-0.1, -0.05) is 11.6 Å². The van der Waals surface area contributed by atoms with Gasteiger partial charge in [-0.15, -0.1) is 0 Å². The maximum Gasteiger partial charge on any atom is 0.221 e. The number of aryl methyl sites for hydroxylation is 2. The van der Waals surface area contributed by atoms with Crippen molar-refractivity contribution in [3.05, 3.63) is 40.7 Å². The Hall–Kier alpha value is -2.01. The molecule has 2 N–H and O–H groups in total. The summed E-state index contributed by atoms with van der Waals surface area (Å²) in [5.41, 5.74) is 3.64. The number of hydrogen-bond donors (Lipinski definition) is 2. The number of aromatic nitrogens is 2. The highest BCUT2D eigenvalue weighted by Crippen LogP contribution is 2.28. The van der Waals surface area contributed by atoms with Crippen molar-refractivity contribution in [3.63, 3.8) is 0 Å². The second-order valence-electron chi connectivity index (χ2n) is 5.09. The fraction of sp³-hybridized carbons (Fsp3) is 0.333. The summed E-state index contributed by atoms with van der Waals surface area (Å²) >= 11 is 6.17. The molecule has 0 radical (unpaired) electrons. The quantitative estimate of drug-likeness (QED) is 0.908. The molecular formula is C15H19ClN4O. The van der Waals surface area contributed by atoms with Crippen LogP contribution in [0.1, 0.15) is 31.1 Å². The summed E-state index contributed by atoms with van der Waals surface area (Å²) in [6.07, 6.45) is 2.00. The van der Waals surface area contributed by atoms with Gasteiger partial charge < -0.3 is 10.6 Å². The van der Waals surface area contributed by atoms with Crippen molar-refractivity contribution < 1.29 is 4.79 Å². The maximum absolute atomic E-state index is 11.1. The molecule has 1 amide bonds. The Balaban J connectivity index is 2.14. The largest absolute Gasteiger partial charge is 0.378 e. The first kappa shape index (κ1) is 15.4. The molecule has 1 aromatic carbocycles. The minimum Gasteiger partial charge on any atom is -0.378 e. The summed E-state index contributed by atoms with van der Waals surface area (Å²) in [5.74, 6) is -0.142. The van der Waals surface area contributed by atoms with Gasteiger partial charge in [0.15, 0.2) is 0 Å². The summed E-state index contributed by atoms with van der Waals surface area (Å²) in [6.45, 7) is 5.51. The van der Waals surface area contributed by atoms with Crippen molar-refractivity contribution in [2.24, 2.45) is 7.05 Å². The Bertz CT molecular complexity index is 666. The Kier molecular flexibility index (Phi) is 4.53. The van der Waals surface area contributed by atoms with Crippen LogP contribution < -0.4 is 10.6 Å². The van der Waals surface area contributed by atoms with Gasteiger partial charge in [0.1, 0.15) is 0 Å². The molecule has 0 saturated carbocycles.